The second-order valence-corrected chi connectivity index (χ2v) is 2.64. The molecule has 0 spiro atoms. The largest absolute Gasteiger partial charge is 0.445 e. The minimum atomic E-state index is -0.381. The topological polar surface area (TPSA) is 26.3 Å². The number of allylic oxidation sites excluding steroid dienone is 1. The van der Waals surface area contributed by atoms with Crippen molar-refractivity contribution in [3.8, 4) is 11.8 Å². The number of esters is 1. The molecule has 0 aromatic heterocycles. The number of hydrogen-bond acceptors (Lipinski definition) is 2. The highest BCUT2D eigenvalue weighted by molar-refractivity contribution is 5.66. The van der Waals surface area contributed by atoms with Crippen LogP contribution in [0.3, 0.4) is 0 Å². The van der Waals surface area contributed by atoms with Crippen molar-refractivity contribution in [3.63, 3.8) is 0 Å². The van der Waals surface area contributed by atoms with Crippen LogP contribution in [0.5, 0.6) is 0 Å². The molecular weight excluding hydrogens is 164 g/mol. The number of unbranched alkanes of at least 4 members (excludes halogenated alkanes) is 1. The van der Waals surface area contributed by atoms with Gasteiger partial charge in [0.05, 0.1) is 0 Å². The summed E-state index contributed by atoms with van der Waals surface area (Å²) in [6, 6.07) is 0. The number of hydrogen-bond donors (Lipinski definition) is 0. The molecule has 2 heteroatoms. The first kappa shape index (κ1) is 11.8. The van der Waals surface area contributed by atoms with Crippen molar-refractivity contribution in [2.45, 2.75) is 39.7 Å². The van der Waals surface area contributed by atoms with E-state index in [1.807, 2.05) is 12.2 Å². The first-order valence-corrected chi connectivity index (χ1v) is 4.46. The van der Waals surface area contributed by atoms with Crippen LogP contribution in [0.1, 0.15) is 33.6 Å². The molecule has 0 saturated carbocycles. The first-order chi connectivity index (χ1) is 6.20. The Hall–Kier alpha value is -1.23. The number of rotatable bonds is 4. The fourth-order valence-corrected chi connectivity index (χ4v) is 0.824. The van der Waals surface area contributed by atoms with Gasteiger partial charge >= 0.3 is 5.97 Å². The second kappa shape index (κ2) is 7.42. The fraction of sp³-hybridized carbons (Fsp3) is 0.545. The lowest BCUT2D eigenvalue weighted by Gasteiger charge is -2.04. The molecule has 0 aromatic rings. The molecule has 0 saturated heterocycles. The van der Waals surface area contributed by atoms with Crippen LogP contribution >= 0.6 is 0 Å². The van der Waals surface area contributed by atoms with Gasteiger partial charge in [0.25, 0.3) is 0 Å². The molecule has 0 aliphatic rings. The van der Waals surface area contributed by atoms with E-state index in [9.17, 15) is 4.79 Å². The van der Waals surface area contributed by atoms with Gasteiger partial charge in [-0.15, -0.1) is 5.92 Å². The molecular formula is C11H16O2. The van der Waals surface area contributed by atoms with Crippen LogP contribution < -0.4 is 0 Å². The lowest BCUT2D eigenvalue weighted by atomic mass is 10.2. The van der Waals surface area contributed by atoms with E-state index in [0.717, 1.165) is 12.8 Å². The monoisotopic (exact) mass is 180 g/mol. The Morgan fingerprint density at radius 2 is 2.31 bits per heavy atom. The van der Waals surface area contributed by atoms with E-state index in [2.05, 4.69) is 18.8 Å². The van der Waals surface area contributed by atoms with E-state index in [1.165, 1.54) is 6.92 Å². The molecule has 0 aliphatic heterocycles. The fourth-order valence-electron chi connectivity index (χ4n) is 0.824. The van der Waals surface area contributed by atoms with Gasteiger partial charge in [-0.05, 0) is 19.4 Å². The molecule has 0 rings (SSSR count). The zero-order valence-corrected chi connectivity index (χ0v) is 8.46. The smallest absolute Gasteiger partial charge is 0.304 e. The average molecular weight is 180 g/mol. The molecule has 0 bridgehead atoms. The maximum Gasteiger partial charge on any atom is 0.304 e. The van der Waals surface area contributed by atoms with E-state index in [4.69, 9.17) is 4.74 Å². The Morgan fingerprint density at radius 1 is 1.62 bits per heavy atom. The predicted octanol–water partition coefficient (Wildman–Crippen LogP) is 2.30. The van der Waals surface area contributed by atoms with E-state index in [0.29, 0.717) is 0 Å². The lowest BCUT2D eigenvalue weighted by Crippen LogP contribution is -2.11. The number of ether oxygens (including phenoxy) is 1. The summed E-state index contributed by atoms with van der Waals surface area (Å²) in [6.07, 6.45) is 5.50. The number of carbonyl (C=O) groups is 1. The highest BCUT2D eigenvalue weighted by atomic mass is 16.5. The SMILES string of the molecule is CC#CC(/C=C/CCC)OC(C)=O. The van der Waals surface area contributed by atoms with E-state index in [-0.39, 0.29) is 12.1 Å². The van der Waals surface area contributed by atoms with Crippen molar-refractivity contribution in [1.29, 1.82) is 0 Å². The Bertz CT molecular complexity index is 230. The van der Waals surface area contributed by atoms with Gasteiger partial charge in [-0.25, -0.2) is 0 Å². The van der Waals surface area contributed by atoms with Crippen molar-refractivity contribution in [1.82, 2.24) is 0 Å². The number of carbonyl (C=O) groups excluding carboxylic acids is 1. The first-order valence-electron chi connectivity index (χ1n) is 4.46. The third kappa shape index (κ3) is 7.14. The molecule has 0 radical (unpaired) electrons. The Kier molecular flexibility index (Phi) is 6.72. The zero-order chi connectivity index (χ0) is 10.1. The van der Waals surface area contributed by atoms with Gasteiger partial charge in [-0.3, -0.25) is 4.79 Å². The van der Waals surface area contributed by atoms with Gasteiger partial charge in [0.15, 0.2) is 6.10 Å². The van der Waals surface area contributed by atoms with Gasteiger partial charge in [-0.1, -0.05) is 25.3 Å². The molecule has 0 heterocycles. The average Bonchev–Trinajstić information content (AvgIpc) is 2.04. The maximum atomic E-state index is 10.6. The van der Waals surface area contributed by atoms with E-state index in [1.54, 1.807) is 6.92 Å². The zero-order valence-electron chi connectivity index (χ0n) is 8.46. The normalized spacial score (nSPS) is 11.9. The van der Waals surface area contributed by atoms with Crippen LogP contribution in [-0.2, 0) is 9.53 Å². The minimum Gasteiger partial charge on any atom is -0.445 e. The molecule has 72 valence electrons. The third-order valence-electron chi connectivity index (χ3n) is 1.35. The van der Waals surface area contributed by atoms with Gasteiger partial charge in [0.2, 0.25) is 0 Å². The lowest BCUT2D eigenvalue weighted by molar-refractivity contribution is -0.142. The van der Waals surface area contributed by atoms with Crippen molar-refractivity contribution in [3.05, 3.63) is 12.2 Å². The van der Waals surface area contributed by atoms with Crippen LogP contribution in [0.2, 0.25) is 0 Å². The Morgan fingerprint density at radius 3 is 2.77 bits per heavy atom. The second-order valence-electron chi connectivity index (χ2n) is 2.64. The molecule has 0 aromatic carbocycles. The van der Waals surface area contributed by atoms with E-state index >= 15 is 0 Å². The highest BCUT2D eigenvalue weighted by Crippen LogP contribution is 1.97. The Balaban J connectivity index is 4.06. The molecule has 0 N–H and O–H groups in total. The molecule has 13 heavy (non-hydrogen) atoms. The molecule has 1 atom stereocenters. The predicted molar refractivity (Wildman–Crippen MR) is 53.1 cm³/mol. The van der Waals surface area contributed by atoms with Gasteiger partial charge < -0.3 is 4.74 Å². The maximum absolute atomic E-state index is 10.6. The molecule has 0 fully saturated rings. The van der Waals surface area contributed by atoms with Crippen molar-refractivity contribution in [2.24, 2.45) is 0 Å². The summed E-state index contributed by atoms with van der Waals surface area (Å²) in [5, 5.41) is 0. The summed E-state index contributed by atoms with van der Waals surface area (Å²) >= 11 is 0. The van der Waals surface area contributed by atoms with Crippen LogP contribution in [0, 0.1) is 11.8 Å². The van der Waals surface area contributed by atoms with Crippen LogP contribution in [0.25, 0.3) is 0 Å². The summed E-state index contributed by atoms with van der Waals surface area (Å²) in [7, 11) is 0. The van der Waals surface area contributed by atoms with Crippen LogP contribution in [-0.4, -0.2) is 12.1 Å². The Labute approximate surface area is 80.0 Å². The van der Waals surface area contributed by atoms with E-state index < -0.39 is 0 Å². The van der Waals surface area contributed by atoms with Crippen molar-refractivity contribution in [2.75, 3.05) is 0 Å². The summed E-state index contributed by atoms with van der Waals surface area (Å²) in [6.45, 7) is 5.21. The third-order valence-corrected chi connectivity index (χ3v) is 1.35. The quantitative estimate of drug-likeness (QED) is 0.377. The molecule has 0 aliphatic carbocycles. The summed E-state index contributed by atoms with van der Waals surface area (Å²) in [4.78, 5) is 10.6. The minimum absolute atomic E-state index is 0.297. The summed E-state index contributed by atoms with van der Waals surface area (Å²) in [5.41, 5.74) is 0. The van der Waals surface area contributed by atoms with Gasteiger partial charge in [0, 0.05) is 6.92 Å². The standard InChI is InChI=1S/C11H16O2/c1-4-6-7-9-11(8-5-2)13-10(3)12/h7,9,11H,4,6H2,1-3H3/b9-7+. The van der Waals surface area contributed by atoms with Gasteiger partial charge in [-0.2, -0.15) is 0 Å². The van der Waals surface area contributed by atoms with Crippen molar-refractivity contribution >= 4 is 5.97 Å². The van der Waals surface area contributed by atoms with Gasteiger partial charge in [0.1, 0.15) is 0 Å². The summed E-state index contributed by atoms with van der Waals surface area (Å²) < 4.78 is 4.94. The summed E-state index contributed by atoms with van der Waals surface area (Å²) in [5.74, 6) is 5.22. The molecule has 1 unspecified atom stereocenters. The van der Waals surface area contributed by atoms with Crippen LogP contribution in [0.15, 0.2) is 12.2 Å². The molecule has 2 nitrogen and oxygen atoms in total. The highest BCUT2D eigenvalue weighted by Gasteiger charge is 2.02. The molecule has 0 amide bonds. The van der Waals surface area contributed by atoms with Crippen LogP contribution in [0.4, 0.5) is 0 Å². The van der Waals surface area contributed by atoms with Crippen molar-refractivity contribution < 1.29 is 9.53 Å².